The zero-order chi connectivity index (χ0) is 22.3. The minimum absolute atomic E-state index is 0.00593. The summed E-state index contributed by atoms with van der Waals surface area (Å²) in [5.41, 5.74) is -2.62. The molecule has 2 aromatic rings. The second-order valence-electron chi connectivity index (χ2n) is 6.83. The van der Waals surface area contributed by atoms with Crippen LogP contribution in [0.25, 0.3) is 5.57 Å². The van der Waals surface area contributed by atoms with Gasteiger partial charge in [0.25, 0.3) is 0 Å². The van der Waals surface area contributed by atoms with Crippen molar-refractivity contribution in [2.75, 3.05) is 13.1 Å². The third-order valence-corrected chi connectivity index (χ3v) is 5.07. The average molecular weight is 460 g/mol. The molecule has 0 aromatic heterocycles. The van der Waals surface area contributed by atoms with E-state index in [1.807, 2.05) is 0 Å². The summed E-state index contributed by atoms with van der Waals surface area (Å²) in [4.78, 5) is 24.3. The molecule has 1 aliphatic heterocycles. The lowest BCUT2D eigenvalue weighted by Crippen LogP contribution is -2.60. The van der Waals surface area contributed by atoms with Crippen molar-refractivity contribution >= 4 is 40.7 Å². The summed E-state index contributed by atoms with van der Waals surface area (Å²) in [6, 6.07) is 8.70. The zero-order valence-corrected chi connectivity index (χ0v) is 16.6. The lowest BCUT2D eigenvalue weighted by molar-refractivity contribution is -0.0898. The maximum absolute atomic E-state index is 13.5. The molecule has 0 spiro atoms. The minimum atomic E-state index is -4.83. The van der Waals surface area contributed by atoms with Gasteiger partial charge in [-0.3, -0.25) is 4.79 Å². The van der Waals surface area contributed by atoms with Crippen LogP contribution in [0.1, 0.15) is 21.5 Å². The molecule has 0 unspecified atom stereocenters. The Morgan fingerprint density at radius 1 is 1.00 bits per heavy atom. The fourth-order valence-corrected chi connectivity index (χ4v) is 3.63. The molecule has 1 aliphatic rings. The van der Waals surface area contributed by atoms with E-state index in [4.69, 9.17) is 28.3 Å². The zero-order valence-electron chi connectivity index (χ0n) is 15.1. The number of likely N-dealkylation sites (tertiary alicyclic amines) is 1. The second-order valence-corrected chi connectivity index (χ2v) is 7.70. The molecule has 0 radical (unpaired) electrons. The van der Waals surface area contributed by atoms with Crippen LogP contribution in [0.4, 0.5) is 18.0 Å². The largest absolute Gasteiger partial charge is 0.465 e. The fraction of sp³-hybridized carbons (Fsp3) is 0.200. The molecule has 158 valence electrons. The number of carbonyl (C=O) groups excluding carboxylic acids is 1. The molecule has 1 amide bonds. The Kier molecular flexibility index (Phi) is 5.86. The molecule has 5 nitrogen and oxygen atoms in total. The van der Waals surface area contributed by atoms with Gasteiger partial charge in [-0.2, -0.15) is 13.2 Å². The van der Waals surface area contributed by atoms with Gasteiger partial charge in [-0.05, 0) is 35.4 Å². The van der Waals surface area contributed by atoms with E-state index in [0.29, 0.717) is 11.6 Å². The molecule has 0 bridgehead atoms. The lowest BCUT2D eigenvalue weighted by Gasteiger charge is -2.45. The summed E-state index contributed by atoms with van der Waals surface area (Å²) < 4.78 is 40.6. The molecular formula is C20H14Cl2F3NO4. The maximum atomic E-state index is 13.5. The molecule has 1 fully saturated rings. The number of ketones is 1. The molecule has 10 heteroatoms. The fourth-order valence-electron chi connectivity index (χ4n) is 3.10. The third-order valence-electron chi connectivity index (χ3n) is 4.64. The highest BCUT2D eigenvalue weighted by atomic mass is 35.5. The van der Waals surface area contributed by atoms with Crippen molar-refractivity contribution in [3.63, 3.8) is 0 Å². The summed E-state index contributed by atoms with van der Waals surface area (Å²) in [6.45, 7) is -0.271. The van der Waals surface area contributed by atoms with Gasteiger partial charge in [-0.15, -0.1) is 0 Å². The van der Waals surface area contributed by atoms with Crippen LogP contribution in [-0.2, 0) is 5.60 Å². The van der Waals surface area contributed by atoms with Gasteiger partial charge in [-0.1, -0.05) is 47.5 Å². The predicted molar refractivity (Wildman–Crippen MR) is 105 cm³/mol. The van der Waals surface area contributed by atoms with Crippen LogP contribution in [0.3, 0.4) is 0 Å². The number of hydrogen-bond donors (Lipinski definition) is 2. The van der Waals surface area contributed by atoms with Gasteiger partial charge < -0.3 is 15.1 Å². The number of halogens is 5. The van der Waals surface area contributed by atoms with Gasteiger partial charge in [-0.25, -0.2) is 4.79 Å². The Labute approximate surface area is 178 Å². The predicted octanol–water partition coefficient (Wildman–Crippen LogP) is 5.00. The lowest BCUT2D eigenvalue weighted by atomic mass is 9.86. The third kappa shape index (κ3) is 4.61. The molecular weight excluding hydrogens is 446 g/mol. The molecule has 30 heavy (non-hydrogen) atoms. The van der Waals surface area contributed by atoms with Crippen LogP contribution in [0, 0.1) is 0 Å². The standard InChI is InChI=1S/C20H14Cl2F3NO4/c21-14-5-12(6-15(22)7-14)16(20(23,24)25)8-17(27)11-1-3-13(4-2-11)19(30)9-26(10-19)18(28)29/h1-8,30H,9-10H2,(H,28,29)/b16-8+. The van der Waals surface area contributed by atoms with Gasteiger partial charge >= 0.3 is 12.3 Å². The number of β-amino-alcohol motifs (C(OH)–C–C–N with tert-alkyl or cyclic N) is 1. The van der Waals surface area contributed by atoms with Crippen LogP contribution in [0.2, 0.25) is 10.0 Å². The highest BCUT2D eigenvalue weighted by molar-refractivity contribution is 6.35. The average Bonchev–Trinajstić information content (AvgIpc) is 2.61. The Morgan fingerprint density at radius 2 is 1.53 bits per heavy atom. The first-order valence-corrected chi connectivity index (χ1v) is 9.25. The van der Waals surface area contributed by atoms with E-state index in [2.05, 4.69) is 0 Å². The van der Waals surface area contributed by atoms with Gasteiger partial charge in [0.2, 0.25) is 0 Å². The van der Waals surface area contributed by atoms with Crippen molar-refractivity contribution in [1.82, 2.24) is 4.90 Å². The first kappa shape index (κ1) is 22.1. The first-order chi connectivity index (χ1) is 13.9. The number of nitrogens with zero attached hydrogens (tertiary/aromatic N) is 1. The van der Waals surface area contributed by atoms with Crippen LogP contribution < -0.4 is 0 Å². The number of carboxylic acid groups (broad SMARTS) is 1. The number of carbonyl (C=O) groups is 2. The van der Waals surface area contributed by atoms with E-state index in [1.165, 1.54) is 30.3 Å². The highest BCUT2D eigenvalue weighted by Gasteiger charge is 2.45. The molecule has 2 N–H and O–H groups in total. The normalized spacial score (nSPS) is 16.2. The summed E-state index contributed by atoms with van der Waals surface area (Å²) in [6.07, 6.45) is -5.54. The quantitative estimate of drug-likeness (QED) is 0.497. The summed E-state index contributed by atoms with van der Waals surface area (Å²) >= 11 is 11.6. The maximum Gasteiger partial charge on any atom is 0.417 e. The topological polar surface area (TPSA) is 77.8 Å². The van der Waals surface area contributed by atoms with Gasteiger partial charge in [0.15, 0.2) is 5.78 Å². The molecule has 2 aromatic carbocycles. The molecule has 0 aliphatic carbocycles. The molecule has 0 saturated carbocycles. The van der Waals surface area contributed by atoms with Gasteiger partial charge in [0, 0.05) is 15.6 Å². The van der Waals surface area contributed by atoms with Gasteiger partial charge in [0.1, 0.15) is 5.60 Å². The Bertz CT molecular complexity index is 1010. The number of benzene rings is 2. The second kappa shape index (κ2) is 7.94. The molecule has 1 heterocycles. The molecule has 0 atom stereocenters. The SMILES string of the molecule is O=C(/C=C(\c1cc(Cl)cc(Cl)c1)C(F)(F)F)c1ccc(C2(O)CN(C(=O)O)C2)cc1. The van der Waals surface area contributed by atoms with E-state index >= 15 is 0 Å². The van der Waals surface area contributed by atoms with Crippen LogP contribution in [0.15, 0.2) is 48.5 Å². The Morgan fingerprint density at radius 3 is 2.00 bits per heavy atom. The van der Waals surface area contributed by atoms with Gasteiger partial charge in [0.05, 0.1) is 18.7 Å². The number of amides is 1. The minimum Gasteiger partial charge on any atom is -0.465 e. The smallest absolute Gasteiger partial charge is 0.417 e. The Balaban J connectivity index is 1.87. The van der Waals surface area contributed by atoms with Crippen molar-refractivity contribution in [3.05, 3.63) is 75.3 Å². The van der Waals surface area contributed by atoms with Crippen molar-refractivity contribution in [1.29, 1.82) is 0 Å². The molecule has 1 saturated heterocycles. The van der Waals surface area contributed by atoms with E-state index in [1.54, 1.807) is 0 Å². The van der Waals surface area contributed by atoms with Crippen LogP contribution >= 0.6 is 23.2 Å². The van der Waals surface area contributed by atoms with E-state index in [0.717, 1.165) is 17.0 Å². The first-order valence-electron chi connectivity index (χ1n) is 8.49. The van der Waals surface area contributed by atoms with Crippen molar-refractivity contribution in [2.45, 2.75) is 11.8 Å². The summed E-state index contributed by atoms with van der Waals surface area (Å²) in [5.74, 6) is -0.905. The van der Waals surface area contributed by atoms with E-state index in [-0.39, 0.29) is 34.3 Å². The Hall–Kier alpha value is -2.55. The van der Waals surface area contributed by atoms with Crippen LogP contribution in [-0.4, -0.2) is 46.3 Å². The highest BCUT2D eigenvalue weighted by Crippen LogP contribution is 2.37. The van der Waals surface area contributed by atoms with Crippen molar-refractivity contribution in [2.24, 2.45) is 0 Å². The number of rotatable bonds is 4. The number of hydrogen-bond acceptors (Lipinski definition) is 3. The monoisotopic (exact) mass is 459 g/mol. The number of allylic oxidation sites excluding steroid dienone is 2. The summed E-state index contributed by atoms with van der Waals surface area (Å²) in [7, 11) is 0. The van der Waals surface area contributed by atoms with E-state index in [9.17, 15) is 27.9 Å². The summed E-state index contributed by atoms with van der Waals surface area (Å²) in [5, 5.41) is 19.3. The van der Waals surface area contributed by atoms with Crippen molar-refractivity contribution in [3.8, 4) is 0 Å². The number of aliphatic hydroxyl groups is 1. The van der Waals surface area contributed by atoms with Crippen LogP contribution in [0.5, 0.6) is 0 Å². The number of alkyl halides is 3. The molecule has 3 rings (SSSR count). The van der Waals surface area contributed by atoms with Crippen molar-refractivity contribution < 1.29 is 33.0 Å². The van der Waals surface area contributed by atoms with E-state index < -0.39 is 29.2 Å².